The molecule has 2 aromatic rings. The number of nitrogens with one attached hydrogen (secondary N) is 1. The van der Waals surface area contributed by atoms with Gasteiger partial charge in [-0.3, -0.25) is 4.79 Å². The van der Waals surface area contributed by atoms with Crippen molar-refractivity contribution in [2.24, 2.45) is 5.73 Å². The Morgan fingerprint density at radius 3 is 2.48 bits per heavy atom. The van der Waals surface area contributed by atoms with Gasteiger partial charge >= 0.3 is 0 Å². The van der Waals surface area contributed by atoms with Crippen molar-refractivity contribution in [3.05, 3.63) is 47.2 Å². The molecule has 0 atom stereocenters. The molecule has 0 saturated carbocycles. The fraction of sp³-hybridized carbons (Fsp3) is 0.176. The highest BCUT2D eigenvalue weighted by atomic mass is 16.3. The molecule has 0 fully saturated rings. The van der Waals surface area contributed by atoms with E-state index in [1.165, 1.54) is 0 Å². The molecule has 2 rings (SSSR count). The summed E-state index contributed by atoms with van der Waals surface area (Å²) in [6, 6.07) is 3.64. The Hall–Kier alpha value is -2.62. The fourth-order valence-electron chi connectivity index (χ4n) is 2.12. The summed E-state index contributed by atoms with van der Waals surface area (Å²) in [6.45, 7) is 9.70. The van der Waals surface area contributed by atoms with E-state index in [2.05, 4.69) is 6.58 Å². The highest BCUT2D eigenvalue weighted by Gasteiger charge is 2.19. The summed E-state index contributed by atoms with van der Waals surface area (Å²) in [5.74, 6) is -0.678. The summed E-state index contributed by atoms with van der Waals surface area (Å²) in [5.41, 5.74) is 7.96. The molecule has 4 nitrogen and oxygen atoms in total. The number of fused-ring (bicyclic) bond motifs is 1. The zero-order valence-corrected chi connectivity index (χ0v) is 12.6. The molecule has 0 spiro atoms. The summed E-state index contributed by atoms with van der Waals surface area (Å²) in [6.07, 6.45) is 6.61. The lowest BCUT2D eigenvalue weighted by Gasteiger charge is -2.03. The average Bonchev–Trinajstić information content (AvgIpc) is 2.88. The molecular formula is C17H20N2O2. The maximum atomic E-state index is 11.3. The Balaban J connectivity index is 0.00000106. The second kappa shape index (κ2) is 7.24. The number of amides is 1. The van der Waals surface area contributed by atoms with E-state index < -0.39 is 5.91 Å². The lowest BCUT2D eigenvalue weighted by atomic mass is 9.99. The van der Waals surface area contributed by atoms with E-state index in [-0.39, 0.29) is 5.76 Å². The average molecular weight is 284 g/mol. The standard InChI is InChI=1S/C15H14N2O2.C2H6/c1-3-5-9-6-7-12-13(10(9)4-2)11(8-16)14(19-12)15(17)18;1-2/h3-8,16H,2H2,1H3,(H2,17,18);1-2H3/b5-3-,16-8?;. The van der Waals surface area contributed by atoms with E-state index in [9.17, 15) is 4.79 Å². The van der Waals surface area contributed by atoms with Gasteiger partial charge in [0, 0.05) is 11.6 Å². The molecular weight excluding hydrogens is 264 g/mol. The van der Waals surface area contributed by atoms with E-state index in [1.54, 1.807) is 12.1 Å². The van der Waals surface area contributed by atoms with Gasteiger partial charge in [0.25, 0.3) is 5.91 Å². The van der Waals surface area contributed by atoms with Crippen LogP contribution in [0.2, 0.25) is 0 Å². The molecule has 1 heterocycles. The third kappa shape index (κ3) is 2.94. The monoisotopic (exact) mass is 284 g/mol. The number of primary amides is 1. The molecule has 0 aliphatic heterocycles. The topological polar surface area (TPSA) is 80.1 Å². The van der Waals surface area contributed by atoms with Gasteiger partial charge in [-0.2, -0.15) is 0 Å². The van der Waals surface area contributed by atoms with Gasteiger partial charge in [-0.25, -0.2) is 0 Å². The zero-order chi connectivity index (χ0) is 16.0. The van der Waals surface area contributed by atoms with Crippen molar-refractivity contribution in [2.45, 2.75) is 20.8 Å². The Morgan fingerprint density at radius 2 is 2.00 bits per heavy atom. The van der Waals surface area contributed by atoms with Crippen LogP contribution in [-0.2, 0) is 0 Å². The Morgan fingerprint density at radius 1 is 1.33 bits per heavy atom. The van der Waals surface area contributed by atoms with E-state index in [0.717, 1.165) is 17.3 Å². The smallest absolute Gasteiger partial charge is 0.285 e. The van der Waals surface area contributed by atoms with Gasteiger partial charge in [-0.1, -0.05) is 44.7 Å². The van der Waals surface area contributed by atoms with Crippen LogP contribution in [0.4, 0.5) is 0 Å². The van der Waals surface area contributed by atoms with Crippen LogP contribution in [0, 0.1) is 5.41 Å². The number of nitrogens with two attached hydrogens (primary N) is 1. The third-order valence-corrected chi connectivity index (χ3v) is 2.89. The molecule has 0 saturated heterocycles. The number of benzene rings is 1. The number of carbonyl (C=O) groups is 1. The summed E-state index contributed by atoms with van der Waals surface area (Å²) < 4.78 is 5.43. The van der Waals surface area contributed by atoms with Crippen LogP contribution in [0.5, 0.6) is 0 Å². The Bertz CT molecular complexity index is 709. The maximum Gasteiger partial charge on any atom is 0.285 e. The van der Waals surface area contributed by atoms with Gasteiger partial charge in [0.2, 0.25) is 5.76 Å². The van der Waals surface area contributed by atoms with Crippen molar-refractivity contribution < 1.29 is 9.21 Å². The van der Waals surface area contributed by atoms with E-state index in [0.29, 0.717) is 16.5 Å². The predicted molar refractivity (Wildman–Crippen MR) is 88.8 cm³/mol. The lowest BCUT2D eigenvalue weighted by Crippen LogP contribution is -2.11. The molecule has 1 aromatic heterocycles. The van der Waals surface area contributed by atoms with Crippen LogP contribution < -0.4 is 5.73 Å². The van der Waals surface area contributed by atoms with Gasteiger partial charge in [-0.15, -0.1) is 0 Å². The molecule has 110 valence electrons. The first-order valence-corrected chi connectivity index (χ1v) is 6.79. The summed E-state index contributed by atoms with van der Waals surface area (Å²) in [5, 5.41) is 8.16. The first-order valence-electron chi connectivity index (χ1n) is 6.79. The molecule has 3 N–H and O–H groups in total. The van der Waals surface area contributed by atoms with Crippen molar-refractivity contribution in [3.63, 3.8) is 0 Å². The minimum atomic E-state index is -0.683. The normalized spacial score (nSPS) is 10.2. The van der Waals surface area contributed by atoms with Crippen molar-refractivity contribution in [3.8, 4) is 0 Å². The van der Waals surface area contributed by atoms with Crippen LogP contribution in [0.25, 0.3) is 23.1 Å². The quantitative estimate of drug-likeness (QED) is 0.824. The second-order valence-corrected chi connectivity index (χ2v) is 4.00. The molecule has 21 heavy (non-hydrogen) atoms. The highest BCUT2D eigenvalue weighted by molar-refractivity contribution is 6.11. The van der Waals surface area contributed by atoms with Crippen LogP contribution in [0.3, 0.4) is 0 Å². The fourth-order valence-corrected chi connectivity index (χ4v) is 2.12. The summed E-state index contributed by atoms with van der Waals surface area (Å²) in [4.78, 5) is 11.3. The van der Waals surface area contributed by atoms with Crippen molar-refractivity contribution in [2.75, 3.05) is 0 Å². The Labute approximate surface area is 124 Å². The van der Waals surface area contributed by atoms with Crippen molar-refractivity contribution in [1.82, 2.24) is 0 Å². The van der Waals surface area contributed by atoms with Crippen LogP contribution in [0.1, 0.15) is 48.0 Å². The van der Waals surface area contributed by atoms with E-state index >= 15 is 0 Å². The largest absolute Gasteiger partial charge is 0.450 e. The van der Waals surface area contributed by atoms with Gasteiger partial charge in [0.05, 0.1) is 5.56 Å². The number of hydrogen-bond acceptors (Lipinski definition) is 3. The molecule has 0 aliphatic carbocycles. The van der Waals surface area contributed by atoms with Gasteiger partial charge in [-0.05, 0) is 24.1 Å². The Kier molecular flexibility index (Phi) is 5.67. The van der Waals surface area contributed by atoms with Crippen LogP contribution in [0.15, 0.2) is 29.2 Å². The first kappa shape index (κ1) is 16.4. The molecule has 1 aromatic carbocycles. The maximum absolute atomic E-state index is 11.3. The number of carbonyl (C=O) groups excluding carboxylic acids is 1. The zero-order valence-electron chi connectivity index (χ0n) is 12.6. The number of allylic oxidation sites excluding steroid dienone is 1. The lowest BCUT2D eigenvalue weighted by molar-refractivity contribution is 0.0976. The van der Waals surface area contributed by atoms with Crippen molar-refractivity contribution >= 4 is 35.2 Å². The van der Waals surface area contributed by atoms with Gasteiger partial charge < -0.3 is 15.6 Å². The summed E-state index contributed by atoms with van der Waals surface area (Å²) >= 11 is 0. The van der Waals surface area contributed by atoms with Gasteiger partial charge in [0.15, 0.2) is 0 Å². The summed E-state index contributed by atoms with van der Waals surface area (Å²) in [7, 11) is 0. The number of hydrogen-bond donors (Lipinski definition) is 2. The van der Waals surface area contributed by atoms with Crippen LogP contribution in [-0.4, -0.2) is 12.1 Å². The van der Waals surface area contributed by atoms with E-state index in [1.807, 2.05) is 39.0 Å². The molecule has 0 radical (unpaired) electrons. The molecule has 0 aliphatic rings. The molecule has 0 bridgehead atoms. The minimum absolute atomic E-state index is 0.00530. The first-order chi connectivity index (χ1) is 10.1. The number of rotatable bonds is 4. The second-order valence-electron chi connectivity index (χ2n) is 4.00. The third-order valence-electron chi connectivity index (χ3n) is 2.89. The molecule has 1 amide bonds. The predicted octanol–water partition coefficient (Wildman–Crippen LogP) is 4.23. The molecule has 4 heteroatoms. The minimum Gasteiger partial charge on any atom is -0.450 e. The number of furan rings is 1. The van der Waals surface area contributed by atoms with Gasteiger partial charge in [0.1, 0.15) is 5.58 Å². The highest BCUT2D eigenvalue weighted by Crippen LogP contribution is 2.31. The van der Waals surface area contributed by atoms with E-state index in [4.69, 9.17) is 15.6 Å². The SMILES string of the molecule is C=Cc1c(/C=C\C)ccc2oc(C(N)=O)c(C=N)c12.CC. The van der Waals surface area contributed by atoms with Crippen LogP contribution >= 0.6 is 0 Å². The molecule has 0 unspecified atom stereocenters. The van der Waals surface area contributed by atoms with Crippen molar-refractivity contribution in [1.29, 1.82) is 5.41 Å².